The van der Waals surface area contributed by atoms with Crippen molar-refractivity contribution in [2.75, 3.05) is 39.5 Å². The van der Waals surface area contributed by atoms with Gasteiger partial charge in [-0.2, -0.15) is 0 Å². The van der Waals surface area contributed by atoms with Gasteiger partial charge in [0.2, 0.25) is 0 Å². The van der Waals surface area contributed by atoms with E-state index in [4.69, 9.17) is 14.9 Å². The maximum Gasteiger partial charge on any atom is 0.0900 e. The highest BCUT2D eigenvalue weighted by Crippen LogP contribution is 2.07. The van der Waals surface area contributed by atoms with Gasteiger partial charge < -0.3 is 20.1 Å². The van der Waals surface area contributed by atoms with Gasteiger partial charge in [-0.15, -0.1) is 12.4 Å². The van der Waals surface area contributed by atoms with Crippen molar-refractivity contribution in [2.45, 2.75) is 32.5 Å². The van der Waals surface area contributed by atoms with Crippen molar-refractivity contribution < 1.29 is 20.1 Å². The predicted molar refractivity (Wildman–Crippen MR) is 69.6 cm³/mol. The topological polar surface area (TPSA) is 73.2 Å². The molecule has 0 saturated heterocycles. The third-order valence-electron chi connectivity index (χ3n) is 2.01. The number of hydrogen-bond acceptors (Lipinski definition) is 5. The van der Waals surface area contributed by atoms with Gasteiger partial charge in [-0.3, -0.25) is 4.90 Å². The van der Waals surface area contributed by atoms with Crippen LogP contribution in [0.3, 0.4) is 0 Å². The smallest absolute Gasteiger partial charge is 0.0900 e. The Bertz CT molecular complexity index is 169. The molecular formula is C11H26ClNO4. The molecule has 0 fully saturated rings. The van der Waals surface area contributed by atoms with Crippen molar-refractivity contribution in [1.82, 2.24) is 4.90 Å². The Morgan fingerprint density at radius 2 is 1.59 bits per heavy atom. The number of nitrogens with zero attached hydrogens (tertiary/aromatic N) is 1. The molecule has 0 amide bonds. The van der Waals surface area contributed by atoms with Crippen molar-refractivity contribution in [3.05, 3.63) is 0 Å². The van der Waals surface area contributed by atoms with E-state index in [2.05, 4.69) is 0 Å². The molecular weight excluding hydrogens is 246 g/mol. The molecule has 0 aromatic rings. The highest BCUT2D eigenvalue weighted by molar-refractivity contribution is 5.85. The Morgan fingerprint density at radius 1 is 1.12 bits per heavy atom. The van der Waals surface area contributed by atoms with Gasteiger partial charge in [-0.1, -0.05) is 0 Å². The lowest BCUT2D eigenvalue weighted by Crippen LogP contribution is -2.39. The molecule has 3 N–H and O–H groups in total. The molecule has 0 bridgehead atoms. The zero-order valence-electron chi connectivity index (χ0n) is 10.9. The van der Waals surface area contributed by atoms with Crippen molar-refractivity contribution in [3.63, 3.8) is 0 Å². The SMILES string of the molecule is CC(C)(C)OCC(O)CN(CCO)CCO.Cl. The maximum atomic E-state index is 9.71. The summed E-state index contributed by atoms with van der Waals surface area (Å²) in [6, 6.07) is 0. The van der Waals surface area contributed by atoms with Gasteiger partial charge in [0.05, 0.1) is 31.5 Å². The summed E-state index contributed by atoms with van der Waals surface area (Å²) in [5.41, 5.74) is -0.264. The minimum atomic E-state index is -0.600. The summed E-state index contributed by atoms with van der Waals surface area (Å²) in [7, 11) is 0. The van der Waals surface area contributed by atoms with Crippen LogP contribution in [0.15, 0.2) is 0 Å². The summed E-state index contributed by atoms with van der Waals surface area (Å²) in [4.78, 5) is 1.80. The normalized spacial score (nSPS) is 13.6. The second-order valence-corrected chi connectivity index (χ2v) is 4.83. The molecule has 0 rings (SSSR count). The van der Waals surface area contributed by atoms with Gasteiger partial charge >= 0.3 is 0 Å². The van der Waals surface area contributed by atoms with Gasteiger partial charge in [0.25, 0.3) is 0 Å². The largest absolute Gasteiger partial charge is 0.395 e. The summed E-state index contributed by atoms with van der Waals surface area (Å²) >= 11 is 0. The van der Waals surface area contributed by atoms with Crippen LogP contribution < -0.4 is 0 Å². The summed E-state index contributed by atoms with van der Waals surface area (Å²) in [5, 5.41) is 27.3. The molecule has 106 valence electrons. The second kappa shape index (κ2) is 10.1. The molecule has 0 heterocycles. The van der Waals surface area contributed by atoms with E-state index in [1.807, 2.05) is 20.8 Å². The molecule has 0 aromatic carbocycles. The minimum absolute atomic E-state index is 0. The number of rotatable bonds is 8. The molecule has 5 nitrogen and oxygen atoms in total. The van der Waals surface area contributed by atoms with E-state index in [1.54, 1.807) is 4.90 Å². The third kappa shape index (κ3) is 12.3. The van der Waals surface area contributed by atoms with Crippen molar-refractivity contribution >= 4 is 12.4 Å². The number of hydrogen-bond donors (Lipinski definition) is 3. The molecule has 17 heavy (non-hydrogen) atoms. The third-order valence-corrected chi connectivity index (χ3v) is 2.01. The quantitative estimate of drug-likeness (QED) is 0.574. The van der Waals surface area contributed by atoms with E-state index < -0.39 is 6.10 Å². The van der Waals surface area contributed by atoms with Gasteiger partial charge in [-0.25, -0.2) is 0 Å². The zero-order chi connectivity index (χ0) is 12.6. The van der Waals surface area contributed by atoms with E-state index in [9.17, 15) is 5.11 Å². The molecule has 0 aliphatic rings. The maximum absolute atomic E-state index is 9.71. The van der Waals surface area contributed by atoms with Crippen LogP contribution in [0, 0.1) is 0 Å². The number of aliphatic hydroxyl groups is 3. The Kier molecular flexibility index (Phi) is 11.5. The van der Waals surface area contributed by atoms with Crippen LogP contribution in [0.5, 0.6) is 0 Å². The monoisotopic (exact) mass is 271 g/mol. The predicted octanol–water partition coefficient (Wildman–Crippen LogP) is -0.129. The van der Waals surface area contributed by atoms with Gasteiger partial charge in [0.1, 0.15) is 0 Å². The Labute approximate surface area is 110 Å². The number of ether oxygens (including phenoxy) is 1. The molecule has 1 atom stereocenters. The van der Waals surface area contributed by atoms with Crippen LogP contribution in [-0.2, 0) is 4.74 Å². The van der Waals surface area contributed by atoms with E-state index in [1.165, 1.54) is 0 Å². The van der Waals surface area contributed by atoms with Crippen molar-refractivity contribution in [1.29, 1.82) is 0 Å². The molecule has 0 spiro atoms. The average molecular weight is 272 g/mol. The van der Waals surface area contributed by atoms with Gasteiger partial charge in [-0.05, 0) is 20.8 Å². The number of aliphatic hydroxyl groups excluding tert-OH is 3. The summed E-state index contributed by atoms with van der Waals surface area (Å²) in [6.45, 7) is 7.39. The summed E-state index contributed by atoms with van der Waals surface area (Å²) in [5.74, 6) is 0. The first-order valence-corrected chi connectivity index (χ1v) is 5.65. The molecule has 0 radical (unpaired) electrons. The van der Waals surface area contributed by atoms with Crippen LogP contribution >= 0.6 is 12.4 Å². The fourth-order valence-corrected chi connectivity index (χ4v) is 1.27. The molecule has 0 aliphatic heterocycles. The fourth-order valence-electron chi connectivity index (χ4n) is 1.27. The number of halogens is 1. The van der Waals surface area contributed by atoms with E-state index in [0.29, 0.717) is 19.6 Å². The zero-order valence-corrected chi connectivity index (χ0v) is 11.7. The molecule has 0 saturated carbocycles. The van der Waals surface area contributed by atoms with Crippen LogP contribution in [0.25, 0.3) is 0 Å². The Balaban J connectivity index is 0. The van der Waals surface area contributed by atoms with Crippen LogP contribution in [0.1, 0.15) is 20.8 Å². The lowest BCUT2D eigenvalue weighted by Gasteiger charge is -2.26. The molecule has 0 aromatic heterocycles. The van der Waals surface area contributed by atoms with E-state index >= 15 is 0 Å². The first kappa shape index (κ1) is 19.4. The standard InChI is InChI=1S/C11H25NO4.ClH/c1-11(2,3)16-9-10(15)8-12(4-6-13)5-7-14;/h10,13-15H,4-9H2,1-3H3;1H. The fraction of sp³-hybridized carbons (Fsp3) is 1.00. The highest BCUT2D eigenvalue weighted by Gasteiger charge is 2.15. The highest BCUT2D eigenvalue weighted by atomic mass is 35.5. The van der Waals surface area contributed by atoms with Crippen molar-refractivity contribution in [3.8, 4) is 0 Å². The van der Waals surface area contributed by atoms with Crippen LogP contribution in [-0.4, -0.2) is 71.4 Å². The Morgan fingerprint density at radius 3 is 1.94 bits per heavy atom. The van der Waals surface area contributed by atoms with Gasteiger partial charge in [0, 0.05) is 19.6 Å². The van der Waals surface area contributed by atoms with Gasteiger partial charge in [0.15, 0.2) is 0 Å². The van der Waals surface area contributed by atoms with Crippen LogP contribution in [0.4, 0.5) is 0 Å². The van der Waals surface area contributed by atoms with E-state index in [0.717, 1.165) is 0 Å². The first-order chi connectivity index (χ1) is 7.39. The lowest BCUT2D eigenvalue weighted by atomic mass is 10.2. The average Bonchev–Trinajstić information content (AvgIpc) is 2.14. The molecule has 6 heteroatoms. The summed E-state index contributed by atoms with van der Waals surface area (Å²) in [6.07, 6.45) is -0.600. The Hall–Kier alpha value is 0.0900. The van der Waals surface area contributed by atoms with E-state index in [-0.39, 0.29) is 37.8 Å². The molecule has 0 aliphatic carbocycles. The lowest BCUT2D eigenvalue weighted by molar-refractivity contribution is -0.0574. The van der Waals surface area contributed by atoms with Crippen LogP contribution in [0.2, 0.25) is 0 Å². The second-order valence-electron chi connectivity index (χ2n) is 4.83. The first-order valence-electron chi connectivity index (χ1n) is 5.65. The van der Waals surface area contributed by atoms with Crippen molar-refractivity contribution in [2.24, 2.45) is 0 Å². The minimum Gasteiger partial charge on any atom is -0.395 e. The molecule has 1 unspecified atom stereocenters. The summed E-state index contributed by atoms with van der Waals surface area (Å²) < 4.78 is 5.45.